The van der Waals surface area contributed by atoms with Gasteiger partial charge in [0.25, 0.3) is 0 Å². The largest absolute Gasteiger partial charge is 0.301 e. The number of rotatable bonds is 4. The van der Waals surface area contributed by atoms with E-state index < -0.39 is 0 Å². The summed E-state index contributed by atoms with van der Waals surface area (Å²) < 4.78 is 0. The van der Waals surface area contributed by atoms with Crippen molar-refractivity contribution in [1.82, 2.24) is 9.80 Å². The molecule has 1 saturated carbocycles. The Morgan fingerprint density at radius 1 is 0.947 bits per heavy atom. The van der Waals surface area contributed by atoms with Crippen molar-refractivity contribution >= 4 is 0 Å². The fraction of sp³-hybridized carbons (Fsp3) is 1.00. The van der Waals surface area contributed by atoms with Gasteiger partial charge < -0.3 is 9.80 Å². The molecule has 0 spiro atoms. The molecule has 1 heterocycles. The van der Waals surface area contributed by atoms with Crippen LogP contribution in [-0.2, 0) is 0 Å². The zero-order valence-electron chi connectivity index (χ0n) is 13.6. The van der Waals surface area contributed by atoms with E-state index in [1.807, 2.05) is 0 Å². The quantitative estimate of drug-likeness (QED) is 0.764. The van der Waals surface area contributed by atoms with Crippen LogP contribution >= 0.6 is 0 Å². The van der Waals surface area contributed by atoms with Crippen molar-refractivity contribution in [2.24, 2.45) is 5.92 Å². The van der Waals surface area contributed by atoms with Crippen molar-refractivity contribution in [2.45, 2.75) is 83.8 Å². The van der Waals surface area contributed by atoms with Gasteiger partial charge in [0, 0.05) is 18.1 Å². The fourth-order valence-electron chi connectivity index (χ4n) is 4.07. The van der Waals surface area contributed by atoms with Crippen LogP contribution in [0.5, 0.6) is 0 Å². The molecule has 2 heteroatoms. The molecule has 0 aromatic rings. The van der Waals surface area contributed by atoms with Gasteiger partial charge >= 0.3 is 0 Å². The Bertz CT molecular complexity index is 248. The molecule has 0 aromatic heterocycles. The molecular formula is C17H34N2. The van der Waals surface area contributed by atoms with Crippen molar-refractivity contribution in [3.05, 3.63) is 0 Å². The molecule has 0 amide bonds. The molecule has 0 radical (unpaired) electrons. The lowest BCUT2D eigenvalue weighted by Crippen LogP contribution is -2.49. The van der Waals surface area contributed by atoms with Crippen LogP contribution in [0.4, 0.5) is 0 Å². The zero-order chi connectivity index (χ0) is 13.8. The highest BCUT2D eigenvalue weighted by atomic mass is 15.2. The predicted molar refractivity (Wildman–Crippen MR) is 83.5 cm³/mol. The molecule has 2 aliphatic rings. The number of nitrogens with zero attached hydrogens (tertiary/aromatic N) is 2. The van der Waals surface area contributed by atoms with E-state index in [1.165, 1.54) is 58.0 Å². The molecule has 0 aromatic carbocycles. The third kappa shape index (κ3) is 3.95. The SMILES string of the molecule is CCC1CCC(N(C)C2CCN(C(C)C)CC2)CC1. The lowest BCUT2D eigenvalue weighted by molar-refractivity contribution is 0.0624. The summed E-state index contributed by atoms with van der Waals surface area (Å²) in [5, 5.41) is 0. The van der Waals surface area contributed by atoms with Crippen molar-refractivity contribution < 1.29 is 0 Å². The van der Waals surface area contributed by atoms with Crippen LogP contribution < -0.4 is 0 Å². The van der Waals surface area contributed by atoms with Crippen molar-refractivity contribution in [1.29, 1.82) is 0 Å². The van der Waals surface area contributed by atoms with Crippen LogP contribution in [0, 0.1) is 5.92 Å². The molecule has 1 saturated heterocycles. The molecule has 19 heavy (non-hydrogen) atoms. The van der Waals surface area contributed by atoms with Crippen LogP contribution in [0.3, 0.4) is 0 Å². The Labute approximate surface area is 120 Å². The van der Waals surface area contributed by atoms with Crippen molar-refractivity contribution in [3.63, 3.8) is 0 Å². The van der Waals surface area contributed by atoms with E-state index in [0.717, 1.165) is 24.0 Å². The fourth-order valence-corrected chi connectivity index (χ4v) is 4.07. The van der Waals surface area contributed by atoms with Crippen LogP contribution in [0.25, 0.3) is 0 Å². The number of hydrogen-bond donors (Lipinski definition) is 0. The van der Waals surface area contributed by atoms with Crippen LogP contribution in [0.2, 0.25) is 0 Å². The molecule has 0 unspecified atom stereocenters. The van der Waals surface area contributed by atoms with Gasteiger partial charge in [0.2, 0.25) is 0 Å². The first-order valence-electron chi connectivity index (χ1n) is 8.57. The second-order valence-electron chi connectivity index (χ2n) is 7.11. The summed E-state index contributed by atoms with van der Waals surface area (Å²) in [4.78, 5) is 5.38. The lowest BCUT2D eigenvalue weighted by atomic mass is 9.83. The van der Waals surface area contributed by atoms with E-state index in [4.69, 9.17) is 0 Å². The molecule has 0 atom stereocenters. The summed E-state index contributed by atoms with van der Waals surface area (Å²) in [7, 11) is 2.40. The minimum Gasteiger partial charge on any atom is -0.301 e. The summed E-state index contributed by atoms with van der Waals surface area (Å²) in [5.41, 5.74) is 0. The van der Waals surface area contributed by atoms with E-state index in [2.05, 4.69) is 37.6 Å². The van der Waals surface area contributed by atoms with Crippen LogP contribution in [0.15, 0.2) is 0 Å². The Kier molecular flexibility index (Phi) is 5.70. The standard InChI is InChI=1S/C17H34N2/c1-5-15-6-8-16(9-7-15)18(4)17-10-12-19(13-11-17)14(2)3/h14-17H,5-13H2,1-4H3. The van der Waals surface area contributed by atoms with E-state index in [1.54, 1.807) is 0 Å². The van der Waals surface area contributed by atoms with E-state index in [-0.39, 0.29) is 0 Å². The molecule has 1 aliphatic heterocycles. The van der Waals surface area contributed by atoms with Crippen molar-refractivity contribution in [2.75, 3.05) is 20.1 Å². The highest BCUT2D eigenvalue weighted by Crippen LogP contribution is 2.31. The Hall–Kier alpha value is -0.0800. The molecule has 1 aliphatic carbocycles. The summed E-state index contributed by atoms with van der Waals surface area (Å²) in [6.07, 6.45) is 9.97. The Morgan fingerprint density at radius 2 is 1.47 bits per heavy atom. The summed E-state index contributed by atoms with van der Waals surface area (Å²) in [5.74, 6) is 1.02. The van der Waals surface area contributed by atoms with Crippen LogP contribution in [0.1, 0.15) is 65.7 Å². The van der Waals surface area contributed by atoms with E-state index in [9.17, 15) is 0 Å². The van der Waals surface area contributed by atoms with Crippen molar-refractivity contribution in [3.8, 4) is 0 Å². The minimum absolute atomic E-state index is 0.728. The molecular weight excluding hydrogens is 232 g/mol. The number of piperidine rings is 1. The summed E-state index contributed by atoms with van der Waals surface area (Å²) in [6.45, 7) is 9.62. The smallest absolute Gasteiger partial charge is 0.0119 e. The van der Waals surface area contributed by atoms with Gasteiger partial charge in [-0.3, -0.25) is 0 Å². The maximum atomic E-state index is 2.74. The average Bonchev–Trinajstić information content (AvgIpc) is 2.46. The predicted octanol–water partition coefficient (Wildman–Crippen LogP) is 3.76. The Morgan fingerprint density at radius 3 is 1.95 bits per heavy atom. The van der Waals surface area contributed by atoms with E-state index >= 15 is 0 Å². The highest BCUT2D eigenvalue weighted by molar-refractivity contribution is 4.85. The average molecular weight is 266 g/mol. The number of likely N-dealkylation sites (tertiary alicyclic amines) is 1. The van der Waals surface area contributed by atoms with Gasteiger partial charge in [0.05, 0.1) is 0 Å². The molecule has 2 rings (SSSR count). The van der Waals surface area contributed by atoms with Gasteiger partial charge in [-0.2, -0.15) is 0 Å². The van der Waals surface area contributed by atoms with Gasteiger partial charge in [0.1, 0.15) is 0 Å². The third-order valence-electron chi connectivity index (χ3n) is 5.77. The maximum Gasteiger partial charge on any atom is 0.0119 e. The topological polar surface area (TPSA) is 6.48 Å². The van der Waals surface area contributed by atoms with E-state index in [0.29, 0.717) is 0 Å². The van der Waals surface area contributed by atoms with Gasteiger partial charge in [-0.05, 0) is 78.4 Å². The summed E-state index contributed by atoms with van der Waals surface area (Å²) >= 11 is 0. The number of hydrogen-bond acceptors (Lipinski definition) is 2. The second kappa shape index (κ2) is 7.08. The highest BCUT2D eigenvalue weighted by Gasteiger charge is 2.29. The maximum absolute atomic E-state index is 2.74. The first kappa shape index (κ1) is 15.3. The van der Waals surface area contributed by atoms with Gasteiger partial charge in [-0.1, -0.05) is 13.3 Å². The molecule has 0 bridgehead atoms. The first-order valence-corrected chi connectivity index (χ1v) is 8.57. The summed E-state index contributed by atoms with van der Waals surface area (Å²) in [6, 6.07) is 2.45. The van der Waals surface area contributed by atoms with Crippen LogP contribution in [-0.4, -0.2) is 48.1 Å². The Balaban J connectivity index is 1.77. The first-order chi connectivity index (χ1) is 9.11. The minimum atomic E-state index is 0.728. The normalized spacial score (nSPS) is 31.3. The zero-order valence-corrected chi connectivity index (χ0v) is 13.6. The van der Waals surface area contributed by atoms with Gasteiger partial charge in [0.15, 0.2) is 0 Å². The monoisotopic (exact) mass is 266 g/mol. The second-order valence-corrected chi connectivity index (χ2v) is 7.11. The molecule has 112 valence electrons. The third-order valence-corrected chi connectivity index (χ3v) is 5.77. The van der Waals surface area contributed by atoms with Gasteiger partial charge in [-0.25, -0.2) is 0 Å². The van der Waals surface area contributed by atoms with Gasteiger partial charge in [-0.15, -0.1) is 0 Å². The lowest BCUT2D eigenvalue weighted by Gasteiger charge is -2.43. The molecule has 2 nitrogen and oxygen atoms in total. The molecule has 2 fully saturated rings. The molecule has 0 N–H and O–H groups in total.